The topological polar surface area (TPSA) is 72.6 Å². The van der Waals surface area contributed by atoms with Crippen LogP contribution in [0.25, 0.3) is 0 Å². The van der Waals surface area contributed by atoms with Gasteiger partial charge < -0.3 is 10.5 Å². The summed E-state index contributed by atoms with van der Waals surface area (Å²) in [5.41, 5.74) is 5.02. The van der Waals surface area contributed by atoms with Crippen molar-refractivity contribution in [1.82, 2.24) is 4.31 Å². The van der Waals surface area contributed by atoms with Crippen molar-refractivity contribution in [2.45, 2.75) is 29.7 Å². The lowest BCUT2D eigenvalue weighted by atomic mass is 10.0. The van der Waals surface area contributed by atoms with Gasteiger partial charge in [0.15, 0.2) is 0 Å². The van der Waals surface area contributed by atoms with E-state index < -0.39 is 15.6 Å². The highest BCUT2D eigenvalue weighted by Crippen LogP contribution is 2.30. The van der Waals surface area contributed by atoms with Crippen LogP contribution >= 0.6 is 11.3 Å². The highest BCUT2D eigenvalue weighted by atomic mass is 32.2. The molecular weight excluding hydrogens is 272 g/mol. The Balaban J connectivity index is 2.35. The fourth-order valence-electron chi connectivity index (χ4n) is 1.96. The van der Waals surface area contributed by atoms with Gasteiger partial charge in [0.05, 0.1) is 18.2 Å². The molecule has 2 heterocycles. The molecule has 0 radical (unpaired) electrons. The summed E-state index contributed by atoms with van der Waals surface area (Å²) in [4.78, 5) is 0. The normalized spacial score (nSPS) is 25.2. The maximum absolute atomic E-state index is 12.6. The van der Waals surface area contributed by atoms with Crippen molar-refractivity contribution < 1.29 is 13.2 Å². The van der Waals surface area contributed by atoms with Crippen molar-refractivity contribution in [3.63, 3.8) is 0 Å². The number of thiophene rings is 1. The second-order valence-electron chi connectivity index (χ2n) is 4.95. The van der Waals surface area contributed by atoms with Crippen LogP contribution in [0, 0.1) is 0 Å². The van der Waals surface area contributed by atoms with Crippen molar-refractivity contribution >= 4 is 21.4 Å². The molecule has 1 aromatic rings. The molecule has 1 aromatic heterocycles. The Hall–Kier alpha value is -0.470. The van der Waals surface area contributed by atoms with E-state index in [2.05, 4.69) is 0 Å². The molecule has 2 N–H and O–H groups in total. The summed E-state index contributed by atoms with van der Waals surface area (Å²) in [5.74, 6) is 0. The molecule has 2 rings (SSSR count). The molecule has 1 atom stereocenters. The van der Waals surface area contributed by atoms with Crippen LogP contribution in [0.1, 0.15) is 13.8 Å². The van der Waals surface area contributed by atoms with Crippen molar-refractivity contribution in [3.8, 4) is 0 Å². The lowest BCUT2D eigenvalue weighted by Gasteiger charge is -2.43. The molecule has 1 saturated heterocycles. The molecule has 1 aliphatic heterocycles. The fourth-order valence-corrected chi connectivity index (χ4v) is 4.87. The zero-order chi connectivity index (χ0) is 13.4. The van der Waals surface area contributed by atoms with E-state index in [1.165, 1.54) is 15.6 Å². The molecule has 0 spiro atoms. The van der Waals surface area contributed by atoms with Crippen LogP contribution in [0.2, 0.25) is 0 Å². The maximum atomic E-state index is 12.6. The lowest BCUT2D eigenvalue weighted by Crippen LogP contribution is -2.59. The first-order chi connectivity index (χ1) is 8.38. The zero-order valence-corrected chi connectivity index (χ0v) is 12.1. The van der Waals surface area contributed by atoms with Crippen molar-refractivity contribution in [2.75, 3.05) is 19.7 Å². The van der Waals surface area contributed by atoms with Gasteiger partial charge in [-0.1, -0.05) is 6.07 Å². The van der Waals surface area contributed by atoms with Crippen LogP contribution in [-0.2, 0) is 14.8 Å². The summed E-state index contributed by atoms with van der Waals surface area (Å²) >= 11 is 1.23. The Morgan fingerprint density at radius 2 is 2.33 bits per heavy atom. The summed E-state index contributed by atoms with van der Waals surface area (Å²) in [6.45, 7) is 4.73. The first-order valence-electron chi connectivity index (χ1n) is 5.76. The Labute approximate surface area is 112 Å². The van der Waals surface area contributed by atoms with E-state index in [4.69, 9.17) is 10.5 Å². The number of hydrogen-bond donors (Lipinski definition) is 1. The number of ether oxygens (including phenoxy) is 1. The van der Waals surface area contributed by atoms with E-state index in [1.807, 2.05) is 13.8 Å². The van der Waals surface area contributed by atoms with Gasteiger partial charge in [0.25, 0.3) is 10.0 Å². The first kappa shape index (κ1) is 14.0. The molecule has 0 aliphatic carbocycles. The molecule has 1 unspecified atom stereocenters. The van der Waals surface area contributed by atoms with Crippen molar-refractivity contribution in [2.24, 2.45) is 5.73 Å². The maximum Gasteiger partial charge on any atom is 0.253 e. The number of nitrogens with zero attached hydrogens (tertiary/aromatic N) is 1. The average Bonchev–Trinajstić information content (AvgIpc) is 2.82. The molecule has 0 saturated carbocycles. The second-order valence-corrected chi connectivity index (χ2v) is 7.99. The fraction of sp³-hybridized carbons (Fsp3) is 0.636. The van der Waals surface area contributed by atoms with Crippen LogP contribution in [0.3, 0.4) is 0 Å². The average molecular weight is 290 g/mol. The largest absolute Gasteiger partial charge is 0.374 e. The van der Waals surface area contributed by atoms with Crippen LogP contribution in [0.15, 0.2) is 21.7 Å². The van der Waals surface area contributed by atoms with Crippen LogP contribution in [-0.4, -0.2) is 44.1 Å². The minimum atomic E-state index is -3.45. The van der Waals surface area contributed by atoms with Crippen LogP contribution in [0.4, 0.5) is 0 Å². The van der Waals surface area contributed by atoms with Gasteiger partial charge in [0, 0.05) is 13.1 Å². The number of nitrogens with two attached hydrogens (primary N) is 1. The molecule has 102 valence electrons. The standard InChI is InChI=1S/C11H18N2O3S2/c1-11(2)8-16-9(6-12)7-13(11)18(14,15)10-4-3-5-17-10/h3-5,9H,6-8,12H2,1-2H3. The van der Waals surface area contributed by atoms with Gasteiger partial charge in [-0.2, -0.15) is 4.31 Å². The molecule has 1 fully saturated rings. The van der Waals surface area contributed by atoms with Gasteiger partial charge >= 0.3 is 0 Å². The van der Waals surface area contributed by atoms with Crippen molar-refractivity contribution in [3.05, 3.63) is 17.5 Å². The highest BCUT2D eigenvalue weighted by Gasteiger charge is 2.42. The number of morpholine rings is 1. The molecular formula is C11H18N2O3S2. The molecule has 7 heteroatoms. The van der Waals surface area contributed by atoms with E-state index in [-0.39, 0.29) is 6.10 Å². The van der Waals surface area contributed by atoms with Crippen molar-refractivity contribution in [1.29, 1.82) is 0 Å². The Morgan fingerprint density at radius 1 is 1.61 bits per heavy atom. The monoisotopic (exact) mass is 290 g/mol. The summed E-state index contributed by atoms with van der Waals surface area (Å²) < 4.78 is 32.6. The van der Waals surface area contributed by atoms with E-state index >= 15 is 0 Å². The molecule has 1 aliphatic rings. The molecule has 0 aromatic carbocycles. The molecule has 5 nitrogen and oxygen atoms in total. The Bertz CT molecular complexity index is 496. The second kappa shape index (κ2) is 4.90. The third kappa shape index (κ3) is 2.46. The predicted molar refractivity (Wildman–Crippen MR) is 71.1 cm³/mol. The summed E-state index contributed by atoms with van der Waals surface area (Å²) in [7, 11) is -3.45. The van der Waals surface area contributed by atoms with Gasteiger partial charge in [-0.3, -0.25) is 0 Å². The van der Waals surface area contributed by atoms with Gasteiger partial charge in [-0.15, -0.1) is 11.3 Å². The van der Waals surface area contributed by atoms with Gasteiger partial charge in [0.2, 0.25) is 0 Å². The number of sulfonamides is 1. The number of hydrogen-bond acceptors (Lipinski definition) is 5. The Morgan fingerprint density at radius 3 is 2.89 bits per heavy atom. The van der Waals surface area contributed by atoms with E-state index in [0.717, 1.165) is 0 Å². The first-order valence-corrected chi connectivity index (χ1v) is 8.08. The van der Waals surface area contributed by atoms with E-state index in [0.29, 0.717) is 23.9 Å². The predicted octanol–water partition coefficient (Wildman–Crippen LogP) is 0.875. The zero-order valence-electron chi connectivity index (χ0n) is 10.5. The smallest absolute Gasteiger partial charge is 0.253 e. The Kier molecular flexibility index (Phi) is 3.80. The minimum Gasteiger partial charge on any atom is -0.374 e. The summed E-state index contributed by atoms with van der Waals surface area (Å²) in [6, 6.07) is 3.37. The number of rotatable bonds is 3. The van der Waals surface area contributed by atoms with Gasteiger partial charge in [-0.05, 0) is 25.3 Å². The highest BCUT2D eigenvalue weighted by molar-refractivity contribution is 7.91. The molecule has 18 heavy (non-hydrogen) atoms. The summed E-state index contributed by atoms with van der Waals surface area (Å²) in [5, 5.41) is 1.76. The SMILES string of the molecule is CC1(C)COC(CN)CN1S(=O)(=O)c1cccs1. The quantitative estimate of drug-likeness (QED) is 0.896. The van der Waals surface area contributed by atoms with Crippen LogP contribution in [0.5, 0.6) is 0 Å². The van der Waals surface area contributed by atoms with Gasteiger partial charge in [0.1, 0.15) is 4.21 Å². The van der Waals surface area contributed by atoms with Crippen LogP contribution < -0.4 is 5.73 Å². The summed E-state index contributed by atoms with van der Waals surface area (Å²) in [6.07, 6.45) is -0.229. The van der Waals surface area contributed by atoms with E-state index in [1.54, 1.807) is 17.5 Å². The molecule has 0 bridgehead atoms. The third-order valence-electron chi connectivity index (χ3n) is 3.02. The van der Waals surface area contributed by atoms with Gasteiger partial charge in [-0.25, -0.2) is 8.42 Å². The third-order valence-corrected chi connectivity index (χ3v) is 6.47. The molecule has 0 amide bonds. The van der Waals surface area contributed by atoms with E-state index in [9.17, 15) is 8.42 Å². The minimum absolute atomic E-state index is 0.229. The lowest BCUT2D eigenvalue weighted by molar-refractivity contribution is -0.0589.